The average molecular weight is 286 g/mol. The summed E-state index contributed by atoms with van der Waals surface area (Å²) < 4.78 is 5.37. The number of ether oxygens (including phenoxy) is 1. The summed E-state index contributed by atoms with van der Waals surface area (Å²) in [5, 5.41) is 15.5. The van der Waals surface area contributed by atoms with Crippen LogP contribution in [0.15, 0.2) is 41.1 Å². The summed E-state index contributed by atoms with van der Waals surface area (Å²) in [5.41, 5.74) is 2.12. The first kappa shape index (κ1) is 14.3. The van der Waals surface area contributed by atoms with E-state index in [4.69, 9.17) is 10.00 Å². The van der Waals surface area contributed by atoms with Gasteiger partial charge in [0.15, 0.2) is 0 Å². The van der Waals surface area contributed by atoms with Crippen molar-refractivity contribution in [2.45, 2.75) is 6.10 Å². The number of amides is 1. The third kappa shape index (κ3) is 3.44. The number of carbonyl (C=O) groups is 1. The molecule has 0 fully saturated rings. The minimum absolute atomic E-state index is 0.149. The zero-order valence-corrected chi connectivity index (χ0v) is 11.8. The molecule has 20 heavy (non-hydrogen) atoms. The predicted molar refractivity (Wildman–Crippen MR) is 77.6 cm³/mol. The molecule has 0 aliphatic heterocycles. The Morgan fingerprint density at radius 2 is 2.15 bits per heavy atom. The Kier molecular flexibility index (Phi) is 4.88. The summed E-state index contributed by atoms with van der Waals surface area (Å²) in [5.74, 6) is -0.174. The molecule has 2 aromatic rings. The average Bonchev–Trinajstić information content (AvgIpc) is 3.02. The molecule has 1 N–H and O–H groups in total. The number of thiophene rings is 1. The molecule has 0 aliphatic rings. The lowest BCUT2D eigenvalue weighted by atomic mass is 10.1. The van der Waals surface area contributed by atoms with Crippen LogP contribution in [0.5, 0.6) is 0 Å². The van der Waals surface area contributed by atoms with E-state index >= 15 is 0 Å². The Morgan fingerprint density at radius 1 is 1.40 bits per heavy atom. The molecule has 1 atom stereocenters. The van der Waals surface area contributed by atoms with E-state index in [1.54, 1.807) is 42.7 Å². The van der Waals surface area contributed by atoms with Gasteiger partial charge in [0.05, 0.1) is 11.6 Å². The molecule has 4 nitrogen and oxygen atoms in total. The van der Waals surface area contributed by atoms with Gasteiger partial charge in [0.25, 0.3) is 5.91 Å². The first-order valence-electron chi connectivity index (χ1n) is 6.08. The van der Waals surface area contributed by atoms with E-state index in [1.807, 2.05) is 22.9 Å². The molecule has 0 aliphatic carbocycles. The minimum atomic E-state index is -0.174. The highest BCUT2D eigenvalue weighted by molar-refractivity contribution is 7.07. The summed E-state index contributed by atoms with van der Waals surface area (Å²) in [6.07, 6.45) is -0.149. The third-order valence-electron chi connectivity index (χ3n) is 2.92. The molecule has 0 spiro atoms. The van der Waals surface area contributed by atoms with Crippen molar-refractivity contribution >= 4 is 17.2 Å². The summed E-state index contributed by atoms with van der Waals surface area (Å²) in [4.78, 5) is 12.0. The first-order valence-corrected chi connectivity index (χ1v) is 7.02. The zero-order valence-electron chi connectivity index (χ0n) is 11.0. The fraction of sp³-hybridized carbons (Fsp3) is 0.200. The molecular weight excluding hydrogens is 272 g/mol. The number of hydrogen-bond donors (Lipinski definition) is 1. The molecular formula is C15H14N2O2S. The van der Waals surface area contributed by atoms with Gasteiger partial charge in [-0.3, -0.25) is 4.79 Å². The van der Waals surface area contributed by atoms with Crippen LogP contribution in [-0.2, 0) is 4.74 Å². The number of hydrogen-bond acceptors (Lipinski definition) is 4. The Balaban J connectivity index is 1.95. The molecule has 0 saturated heterocycles. The standard InChI is InChI=1S/C15H14N2O2S/c1-19-14(13-6-7-20-10-13)9-17-15(18)12-4-2-11(8-16)3-5-12/h2-7,10,14H,9H2,1H3,(H,17,18)/t14-/m0/s1. The molecule has 1 heterocycles. The maximum Gasteiger partial charge on any atom is 0.251 e. The Bertz CT molecular complexity index is 600. The van der Waals surface area contributed by atoms with Gasteiger partial charge in [-0.15, -0.1) is 0 Å². The lowest BCUT2D eigenvalue weighted by Crippen LogP contribution is -2.28. The molecule has 1 amide bonds. The number of methoxy groups -OCH3 is 1. The third-order valence-corrected chi connectivity index (χ3v) is 3.63. The summed E-state index contributed by atoms with van der Waals surface area (Å²) in [6.45, 7) is 0.409. The van der Waals surface area contributed by atoms with Gasteiger partial charge in [0.2, 0.25) is 0 Å². The minimum Gasteiger partial charge on any atom is -0.375 e. The Labute approximate surface area is 121 Å². The first-order chi connectivity index (χ1) is 9.74. The van der Waals surface area contributed by atoms with Crippen LogP contribution in [0, 0.1) is 11.3 Å². The van der Waals surface area contributed by atoms with E-state index < -0.39 is 0 Å². The molecule has 0 saturated carbocycles. The molecule has 0 unspecified atom stereocenters. The fourth-order valence-corrected chi connectivity index (χ4v) is 2.48. The van der Waals surface area contributed by atoms with Crippen molar-refractivity contribution in [3.63, 3.8) is 0 Å². The van der Waals surface area contributed by atoms with Crippen molar-refractivity contribution in [1.82, 2.24) is 5.32 Å². The van der Waals surface area contributed by atoms with E-state index in [2.05, 4.69) is 5.32 Å². The number of nitriles is 1. The van der Waals surface area contributed by atoms with Gasteiger partial charge < -0.3 is 10.1 Å². The Hall–Kier alpha value is -2.16. The van der Waals surface area contributed by atoms with E-state index in [1.165, 1.54) is 0 Å². The number of nitrogens with one attached hydrogen (secondary N) is 1. The van der Waals surface area contributed by atoms with Crippen LogP contribution in [-0.4, -0.2) is 19.6 Å². The van der Waals surface area contributed by atoms with E-state index in [0.717, 1.165) is 5.56 Å². The Morgan fingerprint density at radius 3 is 2.70 bits per heavy atom. The van der Waals surface area contributed by atoms with E-state index in [9.17, 15) is 4.79 Å². The van der Waals surface area contributed by atoms with Gasteiger partial charge in [-0.25, -0.2) is 0 Å². The molecule has 1 aromatic heterocycles. The van der Waals surface area contributed by atoms with Gasteiger partial charge in [0, 0.05) is 19.2 Å². The molecule has 1 aromatic carbocycles. The van der Waals surface area contributed by atoms with Crippen LogP contribution in [0.25, 0.3) is 0 Å². The largest absolute Gasteiger partial charge is 0.375 e. The second-order valence-electron chi connectivity index (χ2n) is 4.18. The molecule has 0 bridgehead atoms. The second-order valence-corrected chi connectivity index (χ2v) is 4.96. The highest BCUT2D eigenvalue weighted by atomic mass is 32.1. The molecule has 102 valence electrons. The maximum atomic E-state index is 12.0. The van der Waals surface area contributed by atoms with Crippen LogP contribution < -0.4 is 5.32 Å². The molecule has 5 heteroatoms. The van der Waals surface area contributed by atoms with Crippen molar-refractivity contribution in [1.29, 1.82) is 5.26 Å². The fourth-order valence-electron chi connectivity index (χ4n) is 1.78. The summed E-state index contributed by atoms with van der Waals surface area (Å²) in [6, 6.07) is 10.5. The van der Waals surface area contributed by atoms with Gasteiger partial charge in [-0.2, -0.15) is 16.6 Å². The monoisotopic (exact) mass is 286 g/mol. The molecule has 2 rings (SSSR count). The van der Waals surface area contributed by atoms with Crippen molar-refractivity contribution < 1.29 is 9.53 Å². The van der Waals surface area contributed by atoms with Crippen molar-refractivity contribution in [3.8, 4) is 6.07 Å². The summed E-state index contributed by atoms with van der Waals surface area (Å²) >= 11 is 1.59. The van der Waals surface area contributed by atoms with Crippen molar-refractivity contribution in [2.75, 3.05) is 13.7 Å². The number of rotatable bonds is 5. The van der Waals surface area contributed by atoms with Crippen molar-refractivity contribution in [3.05, 3.63) is 57.8 Å². The van der Waals surface area contributed by atoms with Crippen molar-refractivity contribution in [2.24, 2.45) is 0 Å². The lowest BCUT2D eigenvalue weighted by Gasteiger charge is -2.15. The van der Waals surface area contributed by atoms with Gasteiger partial charge in [-0.05, 0) is 46.7 Å². The van der Waals surface area contributed by atoms with Gasteiger partial charge in [0.1, 0.15) is 6.10 Å². The molecule has 0 radical (unpaired) electrons. The highest BCUT2D eigenvalue weighted by Gasteiger charge is 2.13. The van der Waals surface area contributed by atoms with Crippen LogP contribution in [0.3, 0.4) is 0 Å². The normalized spacial score (nSPS) is 11.6. The van der Waals surface area contributed by atoms with E-state index in [0.29, 0.717) is 17.7 Å². The number of benzene rings is 1. The number of nitrogens with zero attached hydrogens (tertiary/aromatic N) is 1. The van der Waals surface area contributed by atoms with Gasteiger partial charge >= 0.3 is 0 Å². The zero-order chi connectivity index (χ0) is 14.4. The quantitative estimate of drug-likeness (QED) is 0.919. The van der Waals surface area contributed by atoms with Crippen LogP contribution in [0.1, 0.15) is 27.6 Å². The SMILES string of the molecule is CO[C@@H](CNC(=O)c1ccc(C#N)cc1)c1ccsc1. The lowest BCUT2D eigenvalue weighted by molar-refractivity contribution is 0.0829. The number of carbonyl (C=O) groups excluding carboxylic acids is 1. The van der Waals surface area contributed by atoms with Crippen LogP contribution >= 0.6 is 11.3 Å². The predicted octanol–water partition coefficient (Wildman–Crippen LogP) is 2.74. The van der Waals surface area contributed by atoms with Crippen LogP contribution in [0.2, 0.25) is 0 Å². The summed E-state index contributed by atoms with van der Waals surface area (Å²) in [7, 11) is 1.62. The topological polar surface area (TPSA) is 62.1 Å². The van der Waals surface area contributed by atoms with Crippen LogP contribution in [0.4, 0.5) is 0 Å². The maximum absolute atomic E-state index is 12.0. The van der Waals surface area contributed by atoms with Gasteiger partial charge in [-0.1, -0.05) is 0 Å². The highest BCUT2D eigenvalue weighted by Crippen LogP contribution is 2.18. The second kappa shape index (κ2) is 6.85. The van der Waals surface area contributed by atoms with E-state index in [-0.39, 0.29) is 12.0 Å². The smallest absolute Gasteiger partial charge is 0.251 e.